The summed E-state index contributed by atoms with van der Waals surface area (Å²) in [6.07, 6.45) is -9.77. The van der Waals surface area contributed by atoms with Crippen molar-refractivity contribution in [2.45, 2.75) is 38.2 Å². The van der Waals surface area contributed by atoms with E-state index in [0.717, 1.165) is 17.0 Å². The topological polar surface area (TPSA) is 77.6 Å². The zero-order chi connectivity index (χ0) is 31.4. The molecule has 1 aromatic heterocycles. The number of nitrogens with zero attached hydrogens (tertiary/aromatic N) is 3. The molecule has 0 radical (unpaired) electrons. The first-order chi connectivity index (χ1) is 20.2. The molecule has 2 aromatic carbocycles. The number of hydrogen-bond acceptors (Lipinski definition) is 6. The predicted molar refractivity (Wildman–Crippen MR) is 147 cm³/mol. The van der Waals surface area contributed by atoms with Crippen LogP contribution < -0.4 is 15.5 Å². The van der Waals surface area contributed by atoms with E-state index < -0.39 is 41.8 Å². The van der Waals surface area contributed by atoms with E-state index in [1.807, 2.05) is 0 Å². The highest BCUT2D eigenvalue weighted by atomic mass is 32.1. The van der Waals surface area contributed by atoms with Crippen molar-refractivity contribution in [2.24, 2.45) is 0 Å². The summed E-state index contributed by atoms with van der Waals surface area (Å²) in [6, 6.07) is 7.34. The molecule has 2 N–H and O–H groups in total. The number of piperazine rings is 1. The lowest BCUT2D eigenvalue weighted by Gasteiger charge is -2.36. The Morgan fingerprint density at radius 1 is 0.953 bits per heavy atom. The molecule has 4 rings (SSSR count). The Balaban J connectivity index is 1.45. The largest absolute Gasteiger partial charge is 0.416 e. The second-order valence-corrected chi connectivity index (χ2v) is 10.9. The highest BCUT2D eigenvalue weighted by molar-refractivity contribution is 7.13. The number of alkyl halides is 6. The third-order valence-electron chi connectivity index (χ3n) is 6.89. The zero-order valence-corrected chi connectivity index (χ0v) is 23.7. The maximum absolute atomic E-state index is 13.3. The van der Waals surface area contributed by atoms with Crippen molar-refractivity contribution in [3.63, 3.8) is 0 Å². The summed E-state index contributed by atoms with van der Waals surface area (Å²) in [5.74, 6) is -2.22. The van der Waals surface area contributed by atoms with Crippen LogP contribution in [-0.4, -0.2) is 54.4 Å². The normalized spacial score (nSPS) is 15.3. The molecule has 3 aromatic rings. The van der Waals surface area contributed by atoms with Gasteiger partial charge in [-0.3, -0.25) is 14.5 Å². The van der Waals surface area contributed by atoms with Crippen LogP contribution in [0.25, 0.3) is 0 Å². The van der Waals surface area contributed by atoms with Crippen LogP contribution in [0.15, 0.2) is 47.8 Å². The van der Waals surface area contributed by atoms with E-state index in [0.29, 0.717) is 50.6 Å². The average molecular weight is 632 g/mol. The first kappa shape index (κ1) is 32.2. The molecular formula is C28H28F7N5O2S. The number of thiazole rings is 1. The monoisotopic (exact) mass is 631 g/mol. The summed E-state index contributed by atoms with van der Waals surface area (Å²) in [5.41, 5.74) is -2.10. The van der Waals surface area contributed by atoms with Gasteiger partial charge in [-0.15, -0.1) is 11.3 Å². The number of halogens is 7. The van der Waals surface area contributed by atoms with Gasteiger partial charge in [0.25, 0.3) is 0 Å². The van der Waals surface area contributed by atoms with Crippen molar-refractivity contribution in [1.82, 2.24) is 15.2 Å². The number of carbonyl (C=O) groups excluding carboxylic acids is 2. The molecule has 2 heterocycles. The van der Waals surface area contributed by atoms with Gasteiger partial charge in [0.05, 0.1) is 22.7 Å². The Morgan fingerprint density at radius 2 is 1.56 bits per heavy atom. The van der Waals surface area contributed by atoms with Gasteiger partial charge in [-0.05, 0) is 61.0 Å². The van der Waals surface area contributed by atoms with Crippen LogP contribution in [0.3, 0.4) is 0 Å². The minimum absolute atomic E-state index is 0.0305. The Bertz CT molecular complexity index is 1390. The van der Waals surface area contributed by atoms with Gasteiger partial charge in [-0.2, -0.15) is 26.3 Å². The quantitative estimate of drug-likeness (QED) is 0.288. The van der Waals surface area contributed by atoms with Crippen molar-refractivity contribution >= 4 is 34.0 Å². The van der Waals surface area contributed by atoms with Crippen LogP contribution in [0.5, 0.6) is 0 Å². The molecular weight excluding hydrogens is 603 g/mol. The lowest BCUT2D eigenvalue weighted by molar-refractivity contribution is -0.143. The molecule has 232 valence electrons. The molecule has 2 amide bonds. The van der Waals surface area contributed by atoms with Gasteiger partial charge in [0.1, 0.15) is 5.82 Å². The lowest BCUT2D eigenvalue weighted by atomic mass is 10.00. The summed E-state index contributed by atoms with van der Waals surface area (Å²) >= 11 is 1.09. The van der Waals surface area contributed by atoms with Crippen molar-refractivity contribution in [3.05, 3.63) is 76.0 Å². The standard InChI is InChI=1S/C28H28F7N5O2S/c1-17(41)37-26-38-24(16-43-26)23(6-7-39-8-10-40(11-9-39)22-4-2-21(29)3-5-22)25(42)36-15-18-12-19(27(30,31)32)14-20(13-18)28(33,34)35/h2-5,12-14,16,23H,6-11,15H2,1H3,(H,36,42)(H,37,38,41). The van der Waals surface area contributed by atoms with E-state index in [2.05, 4.69) is 25.4 Å². The first-order valence-electron chi connectivity index (χ1n) is 13.2. The van der Waals surface area contributed by atoms with Gasteiger partial charge >= 0.3 is 12.4 Å². The van der Waals surface area contributed by atoms with E-state index in [9.17, 15) is 40.3 Å². The summed E-state index contributed by atoms with van der Waals surface area (Å²) in [5, 5.41) is 6.83. The number of rotatable bonds is 9. The van der Waals surface area contributed by atoms with Gasteiger partial charge in [-0.1, -0.05) is 0 Å². The third-order valence-corrected chi connectivity index (χ3v) is 7.67. The Labute approximate surface area is 246 Å². The van der Waals surface area contributed by atoms with E-state index in [1.54, 1.807) is 17.5 Å². The summed E-state index contributed by atoms with van der Waals surface area (Å²) in [4.78, 5) is 33.3. The molecule has 1 fully saturated rings. The van der Waals surface area contributed by atoms with Crippen LogP contribution >= 0.6 is 11.3 Å². The molecule has 0 spiro atoms. The SMILES string of the molecule is CC(=O)Nc1nc(C(CCN2CCN(c3ccc(F)cc3)CC2)C(=O)NCc2cc(C(F)(F)F)cc(C(F)(F)F)c2)cs1. The second-order valence-electron chi connectivity index (χ2n) is 10.0. The maximum Gasteiger partial charge on any atom is 0.416 e. The second kappa shape index (κ2) is 13.3. The Morgan fingerprint density at radius 3 is 2.12 bits per heavy atom. The van der Waals surface area contributed by atoms with Crippen molar-refractivity contribution < 1.29 is 40.3 Å². The molecule has 7 nitrogen and oxygen atoms in total. The van der Waals surface area contributed by atoms with E-state index in [-0.39, 0.29) is 34.9 Å². The Kier molecular flexibility index (Phi) is 9.95. The van der Waals surface area contributed by atoms with Crippen molar-refractivity contribution in [1.29, 1.82) is 0 Å². The molecule has 0 aliphatic carbocycles. The van der Waals surface area contributed by atoms with Gasteiger partial charge in [0, 0.05) is 50.7 Å². The summed E-state index contributed by atoms with van der Waals surface area (Å²) < 4.78 is 92.9. The van der Waals surface area contributed by atoms with E-state index in [1.165, 1.54) is 19.1 Å². The molecule has 1 aliphatic rings. The van der Waals surface area contributed by atoms with E-state index in [4.69, 9.17) is 0 Å². The van der Waals surface area contributed by atoms with Gasteiger partial charge in [0.15, 0.2) is 5.13 Å². The molecule has 0 bridgehead atoms. The summed E-state index contributed by atoms with van der Waals surface area (Å²) in [6.45, 7) is 3.77. The fraction of sp³-hybridized carbons (Fsp3) is 0.393. The molecule has 15 heteroatoms. The number of anilines is 2. The zero-order valence-electron chi connectivity index (χ0n) is 22.9. The van der Waals surface area contributed by atoms with Gasteiger partial charge in [-0.25, -0.2) is 9.37 Å². The number of benzene rings is 2. The summed E-state index contributed by atoms with van der Waals surface area (Å²) in [7, 11) is 0. The molecule has 43 heavy (non-hydrogen) atoms. The molecule has 1 aliphatic heterocycles. The number of hydrogen-bond donors (Lipinski definition) is 2. The highest BCUT2D eigenvalue weighted by Gasteiger charge is 2.37. The van der Waals surface area contributed by atoms with Crippen LogP contribution in [0.4, 0.5) is 41.6 Å². The van der Waals surface area contributed by atoms with Crippen LogP contribution in [0.1, 0.15) is 41.6 Å². The van der Waals surface area contributed by atoms with Gasteiger partial charge < -0.3 is 15.5 Å². The first-order valence-corrected chi connectivity index (χ1v) is 14.1. The number of amides is 2. The van der Waals surface area contributed by atoms with Gasteiger partial charge in [0.2, 0.25) is 11.8 Å². The van der Waals surface area contributed by atoms with Crippen LogP contribution in [0, 0.1) is 5.82 Å². The van der Waals surface area contributed by atoms with Crippen LogP contribution in [-0.2, 0) is 28.5 Å². The predicted octanol–water partition coefficient (Wildman–Crippen LogP) is 5.89. The Hall–Kier alpha value is -3.72. The fourth-order valence-electron chi connectivity index (χ4n) is 4.69. The molecule has 1 saturated heterocycles. The smallest absolute Gasteiger partial charge is 0.369 e. The lowest BCUT2D eigenvalue weighted by Crippen LogP contribution is -2.47. The molecule has 0 saturated carbocycles. The fourth-order valence-corrected chi connectivity index (χ4v) is 5.50. The average Bonchev–Trinajstić information content (AvgIpc) is 3.39. The minimum Gasteiger partial charge on any atom is -0.369 e. The maximum atomic E-state index is 13.3. The molecule has 1 atom stereocenters. The van der Waals surface area contributed by atoms with Crippen molar-refractivity contribution in [2.75, 3.05) is 42.9 Å². The third kappa shape index (κ3) is 8.89. The number of carbonyl (C=O) groups is 2. The van der Waals surface area contributed by atoms with E-state index >= 15 is 0 Å². The molecule has 1 unspecified atom stereocenters. The number of aromatic nitrogens is 1. The minimum atomic E-state index is -5.01. The van der Waals surface area contributed by atoms with Crippen molar-refractivity contribution in [3.8, 4) is 0 Å². The number of nitrogens with one attached hydrogen (secondary N) is 2. The highest BCUT2D eigenvalue weighted by Crippen LogP contribution is 2.36. The van der Waals surface area contributed by atoms with Crippen LogP contribution in [0.2, 0.25) is 0 Å².